The molecule has 0 radical (unpaired) electrons. The van der Waals surface area contributed by atoms with Crippen molar-refractivity contribution >= 4 is 22.1 Å². The van der Waals surface area contributed by atoms with Gasteiger partial charge in [0.05, 0.1) is 13.5 Å². The van der Waals surface area contributed by atoms with Crippen molar-refractivity contribution in [2.45, 2.75) is 26.7 Å². The molecule has 8 nitrogen and oxygen atoms in total. The summed E-state index contributed by atoms with van der Waals surface area (Å²) in [6, 6.07) is 0. The number of carbonyl (C=O) groups is 2. The molecule has 0 aliphatic rings. The molecule has 0 aromatic rings. The van der Waals surface area contributed by atoms with Gasteiger partial charge < -0.3 is 10.1 Å². The monoisotopic (exact) mass is 323 g/mol. The van der Waals surface area contributed by atoms with Crippen LogP contribution in [-0.4, -0.2) is 58.4 Å². The number of methoxy groups -OCH3 is 1. The summed E-state index contributed by atoms with van der Waals surface area (Å²) in [6.07, 6.45) is 0.0412. The van der Waals surface area contributed by atoms with Crippen molar-refractivity contribution in [1.82, 2.24) is 14.3 Å². The SMILES string of the molecule is COC(=O)CCN(C)S(=O)(=O)NCCC(=O)NCC(C)C. The molecule has 124 valence electrons. The zero-order valence-electron chi connectivity index (χ0n) is 13.0. The molecule has 0 aliphatic carbocycles. The second kappa shape index (κ2) is 9.69. The Morgan fingerprint density at radius 2 is 1.86 bits per heavy atom. The number of amides is 1. The highest BCUT2D eigenvalue weighted by Gasteiger charge is 2.18. The van der Waals surface area contributed by atoms with Gasteiger partial charge in [-0.1, -0.05) is 13.8 Å². The molecule has 0 heterocycles. The summed E-state index contributed by atoms with van der Waals surface area (Å²) in [5.74, 6) is -0.344. The first-order valence-electron chi connectivity index (χ1n) is 6.73. The van der Waals surface area contributed by atoms with Crippen LogP contribution in [0.5, 0.6) is 0 Å². The topological polar surface area (TPSA) is 105 Å². The van der Waals surface area contributed by atoms with E-state index in [-0.39, 0.29) is 31.8 Å². The fraction of sp³-hybridized carbons (Fsp3) is 0.833. The maximum absolute atomic E-state index is 11.8. The van der Waals surface area contributed by atoms with Crippen molar-refractivity contribution in [3.63, 3.8) is 0 Å². The highest BCUT2D eigenvalue weighted by Crippen LogP contribution is 1.97. The van der Waals surface area contributed by atoms with Crippen molar-refractivity contribution < 1.29 is 22.7 Å². The Balaban J connectivity index is 4.06. The molecular weight excluding hydrogens is 298 g/mol. The van der Waals surface area contributed by atoms with Crippen LogP contribution in [0.25, 0.3) is 0 Å². The summed E-state index contributed by atoms with van der Waals surface area (Å²) in [7, 11) is -1.10. The van der Waals surface area contributed by atoms with Crippen LogP contribution in [0.1, 0.15) is 26.7 Å². The van der Waals surface area contributed by atoms with Gasteiger partial charge >= 0.3 is 5.97 Å². The number of esters is 1. The molecule has 0 fully saturated rings. The molecule has 0 saturated heterocycles. The summed E-state index contributed by atoms with van der Waals surface area (Å²) in [5.41, 5.74) is 0. The van der Waals surface area contributed by atoms with Crippen molar-refractivity contribution in [3.05, 3.63) is 0 Å². The van der Waals surface area contributed by atoms with Gasteiger partial charge in [-0.25, -0.2) is 4.72 Å². The Bertz CT molecular complexity index is 436. The molecule has 0 rings (SSSR count). The molecule has 9 heteroatoms. The molecule has 1 amide bonds. The quantitative estimate of drug-likeness (QED) is 0.526. The average Bonchev–Trinajstić information content (AvgIpc) is 2.41. The third-order valence-corrected chi connectivity index (χ3v) is 4.18. The second-order valence-corrected chi connectivity index (χ2v) is 6.86. The van der Waals surface area contributed by atoms with Crippen molar-refractivity contribution in [2.24, 2.45) is 5.92 Å². The second-order valence-electron chi connectivity index (χ2n) is 4.99. The normalized spacial score (nSPS) is 11.7. The Hall–Kier alpha value is -1.19. The lowest BCUT2D eigenvalue weighted by atomic mass is 10.2. The molecular formula is C12H25N3O5S. The summed E-state index contributed by atoms with van der Waals surface area (Å²) >= 11 is 0. The number of ether oxygens (including phenoxy) is 1. The van der Waals surface area contributed by atoms with Gasteiger partial charge in [0, 0.05) is 33.1 Å². The van der Waals surface area contributed by atoms with E-state index in [1.165, 1.54) is 14.2 Å². The van der Waals surface area contributed by atoms with Gasteiger partial charge in [-0.15, -0.1) is 0 Å². The number of nitrogens with zero attached hydrogens (tertiary/aromatic N) is 1. The van der Waals surface area contributed by atoms with Gasteiger partial charge in [0.15, 0.2) is 0 Å². The molecule has 0 unspecified atom stereocenters. The largest absolute Gasteiger partial charge is 0.469 e. The fourth-order valence-electron chi connectivity index (χ4n) is 1.28. The van der Waals surface area contributed by atoms with Crippen LogP contribution >= 0.6 is 0 Å². The van der Waals surface area contributed by atoms with Gasteiger partial charge in [0.1, 0.15) is 0 Å². The molecule has 0 spiro atoms. The first kappa shape index (κ1) is 19.8. The number of hydrogen-bond acceptors (Lipinski definition) is 5. The van der Waals surface area contributed by atoms with Gasteiger partial charge in [-0.2, -0.15) is 12.7 Å². The Labute approximate surface area is 126 Å². The standard InChI is InChI=1S/C12H25N3O5S/c1-10(2)9-13-11(16)5-7-14-21(18,19)15(3)8-6-12(17)20-4/h10,14H,5-9H2,1-4H3,(H,13,16). The number of carbonyl (C=O) groups excluding carboxylic acids is 2. The van der Waals surface area contributed by atoms with Crippen molar-refractivity contribution in [2.75, 3.05) is 33.8 Å². The summed E-state index contributed by atoms with van der Waals surface area (Å²) in [5, 5.41) is 2.70. The van der Waals surface area contributed by atoms with E-state index in [0.717, 1.165) is 4.31 Å². The number of hydrogen-bond donors (Lipinski definition) is 2. The number of nitrogens with one attached hydrogen (secondary N) is 2. The minimum Gasteiger partial charge on any atom is -0.469 e. The zero-order valence-corrected chi connectivity index (χ0v) is 13.8. The van der Waals surface area contributed by atoms with Crippen LogP contribution in [-0.2, 0) is 24.5 Å². The zero-order chi connectivity index (χ0) is 16.5. The first-order valence-corrected chi connectivity index (χ1v) is 8.17. The van der Waals surface area contributed by atoms with Crippen LogP contribution < -0.4 is 10.0 Å². The Morgan fingerprint density at radius 1 is 1.24 bits per heavy atom. The highest BCUT2D eigenvalue weighted by atomic mass is 32.2. The van der Waals surface area contributed by atoms with E-state index < -0.39 is 16.2 Å². The predicted molar refractivity (Wildman–Crippen MR) is 78.7 cm³/mol. The molecule has 0 aliphatic heterocycles. The minimum atomic E-state index is -3.70. The van der Waals surface area contributed by atoms with E-state index >= 15 is 0 Å². The van der Waals surface area contributed by atoms with Crippen molar-refractivity contribution in [3.8, 4) is 0 Å². The van der Waals surface area contributed by atoms with Gasteiger partial charge in [-0.05, 0) is 5.92 Å². The maximum Gasteiger partial charge on any atom is 0.306 e. The van der Waals surface area contributed by atoms with Gasteiger partial charge in [0.25, 0.3) is 10.2 Å². The van der Waals surface area contributed by atoms with E-state index in [1.54, 1.807) is 0 Å². The molecule has 0 aromatic heterocycles. The van der Waals surface area contributed by atoms with Gasteiger partial charge in [-0.3, -0.25) is 9.59 Å². The lowest BCUT2D eigenvalue weighted by molar-refractivity contribution is -0.140. The molecule has 0 saturated carbocycles. The predicted octanol–water partition coefficient (Wildman–Crippen LogP) is -0.522. The van der Waals surface area contributed by atoms with Crippen molar-refractivity contribution in [1.29, 1.82) is 0 Å². The number of rotatable bonds is 10. The molecule has 2 N–H and O–H groups in total. The Kier molecular flexibility index (Phi) is 9.14. The summed E-state index contributed by atoms with van der Waals surface area (Å²) in [6.45, 7) is 4.53. The van der Waals surface area contributed by atoms with Crippen LogP contribution in [0.3, 0.4) is 0 Å². The van der Waals surface area contributed by atoms with Crippen LogP contribution in [0.2, 0.25) is 0 Å². The van der Waals surface area contributed by atoms with Crippen LogP contribution in [0, 0.1) is 5.92 Å². The van der Waals surface area contributed by atoms with E-state index in [0.29, 0.717) is 12.5 Å². The Morgan fingerprint density at radius 3 is 2.38 bits per heavy atom. The smallest absolute Gasteiger partial charge is 0.306 e. The maximum atomic E-state index is 11.8. The van der Waals surface area contributed by atoms with E-state index in [2.05, 4.69) is 14.8 Å². The van der Waals surface area contributed by atoms with Gasteiger partial charge in [0.2, 0.25) is 5.91 Å². The van der Waals surface area contributed by atoms with E-state index in [4.69, 9.17) is 0 Å². The average molecular weight is 323 g/mol. The lowest BCUT2D eigenvalue weighted by Gasteiger charge is -2.17. The first-order chi connectivity index (χ1) is 9.69. The van der Waals surface area contributed by atoms with Crippen LogP contribution in [0.15, 0.2) is 0 Å². The summed E-state index contributed by atoms with van der Waals surface area (Å²) < 4.78 is 31.4. The van der Waals surface area contributed by atoms with E-state index in [9.17, 15) is 18.0 Å². The molecule has 21 heavy (non-hydrogen) atoms. The van der Waals surface area contributed by atoms with E-state index in [1.807, 2.05) is 13.8 Å². The molecule has 0 bridgehead atoms. The minimum absolute atomic E-state index is 0.00876. The third-order valence-electron chi connectivity index (χ3n) is 2.61. The molecule has 0 atom stereocenters. The summed E-state index contributed by atoms with van der Waals surface area (Å²) in [4.78, 5) is 22.4. The third kappa shape index (κ3) is 9.38. The molecule has 0 aromatic carbocycles. The highest BCUT2D eigenvalue weighted by molar-refractivity contribution is 7.87. The fourth-order valence-corrected chi connectivity index (χ4v) is 2.19. The lowest BCUT2D eigenvalue weighted by Crippen LogP contribution is -2.41. The van der Waals surface area contributed by atoms with Crippen LogP contribution in [0.4, 0.5) is 0 Å².